The van der Waals surface area contributed by atoms with Crippen LogP contribution in [0.4, 0.5) is 4.39 Å². The number of hydrogen-bond donors (Lipinski definition) is 0. The SMILES string of the molecule is FC([S])Br. The molecular weight excluding hydrogens is 143 g/mol. The minimum absolute atomic E-state index is 1.27. The van der Waals surface area contributed by atoms with Crippen LogP contribution < -0.4 is 0 Å². The maximum atomic E-state index is 10.7. The van der Waals surface area contributed by atoms with Gasteiger partial charge in [-0.15, -0.1) is 0 Å². The van der Waals surface area contributed by atoms with Gasteiger partial charge in [0.2, 0.25) is 4.41 Å². The first-order valence-corrected chi connectivity index (χ1v) is 2.06. The van der Waals surface area contributed by atoms with Crippen molar-refractivity contribution in [1.82, 2.24) is 0 Å². The molecule has 0 bridgehead atoms. The van der Waals surface area contributed by atoms with E-state index in [1.807, 2.05) is 0 Å². The van der Waals surface area contributed by atoms with Gasteiger partial charge in [0.15, 0.2) is 0 Å². The normalized spacial score (nSPS) is 15.8. The van der Waals surface area contributed by atoms with Gasteiger partial charge in [0.05, 0.1) is 0 Å². The van der Waals surface area contributed by atoms with Gasteiger partial charge in [-0.1, -0.05) is 0 Å². The van der Waals surface area contributed by atoms with Crippen molar-refractivity contribution in [3.05, 3.63) is 0 Å². The Kier molecular flexibility index (Phi) is 2.41. The predicted molar refractivity (Wildman–Crippen MR) is 21.4 cm³/mol. The van der Waals surface area contributed by atoms with Crippen LogP contribution in [0.3, 0.4) is 0 Å². The van der Waals surface area contributed by atoms with Crippen molar-refractivity contribution >= 4 is 28.6 Å². The molecule has 0 N–H and O–H groups in total. The van der Waals surface area contributed by atoms with Crippen molar-refractivity contribution in [3.63, 3.8) is 0 Å². The highest BCUT2D eigenvalue weighted by Crippen LogP contribution is 2.01. The van der Waals surface area contributed by atoms with Gasteiger partial charge in [-0.2, -0.15) is 0 Å². The second-order valence-electron chi connectivity index (χ2n) is 0.261. The van der Waals surface area contributed by atoms with E-state index in [2.05, 4.69) is 28.6 Å². The Morgan fingerprint density at radius 2 is 2.00 bits per heavy atom. The first-order valence-electron chi connectivity index (χ1n) is 0.672. The third-order valence-corrected chi connectivity index (χ3v) is 0. The van der Waals surface area contributed by atoms with Crippen molar-refractivity contribution in [3.8, 4) is 0 Å². The molecule has 0 heterocycles. The van der Waals surface area contributed by atoms with Crippen molar-refractivity contribution in [1.29, 1.82) is 0 Å². The second kappa shape index (κ2) is 2.03. The summed E-state index contributed by atoms with van der Waals surface area (Å²) in [5.74, 6) is 0. The lowest BCUT2D eigenvalue weighted by atomic mass is 11.8. The summed E-state index contributed by atoms with van der Waals surface area (Å²) in [7, 11) is 0. The first kappa shape index (κ1) is 4.76. The Labute approximate surface area is 37.9 Å². The summed E-state index contributed by atoms with van der Waals surface area (Å²) >= 11 is 6.29. The summed E-state index contributed by atoms with van der Waals surface area (Å²) in [4.78, 5) is 0. The van der Waals surface area contributed by atoms with Gasteiger partial charge in [0.25, 0.3) is 0 Å². The number of halogens is 2. The Bertz CT molecular complexity index is 12.8. The highest BCUT2D eigenvalue weighted by Gasteiger charge is 1.80. The lowest BCUT2D eigenvalue weighted by molar-refractivity contribution is 0.579. The Balaban J connectivity index is 2.32. The van der Waals surface area contributed by atoms with Gasteiger partial charge in [0, 0.05) is 0 Å². The maximum absolute atomic E-state index is 10.7. The van der Waals surface area contributed by atoms with Gasteiger partial charge < -0.3 is 0 Å². The maximum Gasteiger partial charge on any atom is 0.210 e. The molecule has 4 heavy (non-hydrogen) atoms. The molecule has 0 aromatic rings. The molecule has 0 aromatic carbocycles. The molecule has 1 unspecified atom stereocenters. The van der Waals surface area contributed by atoms with Crippen molar-refractivity contribution in [2.24, 2.45) is 0 Å². The van der Waals surface area contributed by atoms with E-state index in [9.17, 15) is 4.39 Å². The molecule has 0 aliphatic rings. The summed E-state index contributed by atoms with van der Waals surface area (Å²) < 4.78 is 9.46. The summed E-state index contributed by atoms with van der Waals surface area (Å²) in [6.07, 6.45) is 0. The fourth-order valence-corrected chi connectivity index (χ4v) is 0. The minimum atomic E-state index is -1.27. The van der Waals surface area contributed by atoms with Gasteiger partial charge in [0.1, 0.15) is 0 Å². The van der Waals surface area contributed by atoms with Crippen LogP contribution in [0.2, 0.25) is 0 Å². The van der Waals surface area contributed by atoms with Gasteiger partial charge in [-0.05, 0) is 28.6 Å². The zero-order valence-electron chi connectivity index (χ0n) is 1.74. The standard InChI is InChI=1S/CHBrFS/c2-1(3)4/h1H. The quantitative estimate of drug-likeness (QED) is 0.455. The average Bonchev–Trinajstić information content (AvgIpc) is 0.811. The van der Waals surface area contributed by atoms with Crippen molar-refractivity contribution < 1.29 is 4.39 Å². The fourth-order valence-electron chi connectivity index (χ4n) is 0. The van der Waals surface area contributed by atoms with Crippen LogP contribution >= 0.6 is 28.6 Å². The molecule has 0 saturated carbocycles. The van der Waals surface area contributed by atoms with E-state index in [-0.39, 0.29) is 0 Å². The smallest absolute Gasteiger partial charge is 0.210 e. The van der Waals surface area contributed by atoms with E-state index in [0.29, 0.717) is 0 Å². The van der Waals surface area contributed by atoms with E-state index in [0.717, 1.165) is 0 Å². The lowest BCUT2D eigenvalue weighted by Crippen LogP contribution is -1.57. The molecule has 0 rings (SSSR count). The van der Waals surface area contributed by atoms with Crippen LogP contribution in [0.5, 0.6) is 0 Å². The minimum Gasteiger partial charge on any atom is -0.222 e. The van der Waals surface area contributed by atoms with E-state index in [1.165, 1.54) is 0 Å². The molecule has 1 atom stereocenters. The lowest BCUT2D eigenvalue weighted by Gasteiger charge is -1.69. The Morgan fingerprint density at radius 1 is 2.00 bits per heavy atom. The third kappa shape index (κ3) is 14.8. The van der Waals surface area contributed by atoms with Crippen LogP contribution in [0.1, 0.15) is 0 Å². The summed E-state index contributed by atoms with van der Waals surface area (Å²) in [5.41, 5.74) is 0. The molecule has 0 spiro atoms. The highest BCUT2D eigenvalue weighted by atomic mass is 79.9. The fraction of sp³-hybridized carbons (Fsp3) is 1.00. The zero-order valence-corrected chi connectivity index (χ0v) is 4.14. The number of rotatable bonds is 0. The molecule has 0 fully saturated rings. The first-order chi connectivity index (χ1) is 1.73. The molecule has 25 valence electrons. The van der Waals surface area contributed by atoms with Gasteiger partial charge in [-0.3, -0.25) is 0 Å². The van der Waals surface area contributed by atoms with Gasteiger partial charge in [-0.25, -0.2) is 4.39 Å². The molecule has 1 radical (unpaired) electrons. The topological polar surface area (TPSA) is 0 Å². The number of hydrogen-bond acceptors (Lipinski definition) is 0. The average molecular weight is 144 g/mol. The Hall–Kier alpha value is 0.760. The third-order valence-electron chi connectivity index (χ3n) is 0. The summed E-state index contributed by atoms with van der Waals surface area (Å²) in [5, 5.41) is 0. The summed E-state index contributed by atoms with van der Waals surface area (Å²) in [6, 6.07) is 0. The highest BCUT2D eigenvalue weighted by molar-refractivity contribution is 9.11. The molecule has 3 heteroatoms. The second-order valence-corrected chi connectivity index (χ2v) is 2.08. The zero-order chi connectivity index (χ0) is 3.58. The molecule has 0 aliphatic carbocycles. The largest absolute Gasteiger partial charge is 0.222 e. The van der Waals surface area contributed by atoms with Crippen molar-refractivity contribution in [2.45, 2.75) is 4.41 Å². The predicted octanol–water partition coefficient (Wildman–Crippen LogP) is 1.83. The van der Waals surface area contributed by atoms with E-state index < -0.39 is 4.41 Å². The van der Waals surface area contributed by atoms with Crippen LogP contribution in [0.25, 0.3) is 0 Å². The Morgan fingerprint density at radius 3 is 2.00 bits per heavy atom. The van der Waals surface area contributed by atoms with Crippen LogP contribution in [-0.4, -0.2) is 4.41 Å². The monoisotopic (exact) mass is 143 g/mol. The molecule has 0 nitrogen and oxygen atoms in total. The van der Waals surface area contributed by atoms with Crippen molar-refractivity contribution in [2.75, 3.05) is 0 Å². The van der Waals surface area contributed by atoms with Crippen LogP contribution in [-0.2, 0) is 0 Å². The van der Waals surface area contributed by atoms with E-state index >= 15 is 0 Å². The summed E-state index contributed by atoms with van der Waals surface area (Å²) in [6.45, 7) is 0. The number of alkyl halides is 2. The van der Waals surface area contributed by atoms with Gasteiger partial charge >= 0.3 is 0 Å². The molecule has 0 aliphatic heterocycles. The van der Waals surface area contributed by atoms with Crippen LogP contribution in [0.15, 0.2) is 0 Å². The molecular formula is CHBrFS. The molecule has 0 amide bonds. The molecule has 0 saturated heterocycles. The van der Waals surface area contributed by atoms with Crippen LogP contribution in [0, 0.1) is 0 Å². The van der Waals surface area contributed by atoms with E-state index in [1.54, 1.807) is 0 Å². The molecule has 0 aromatic heterocycles. The van der Waals surface area contributed by atoms with E-state index in [4.69, 9.17) is 0 Å².